The molecule has 0 aliphatic rings. The summed E-state index contributed by atoms with van der Waals surface area (Å²) in [6.45, 7) is 7.40. The van der Waals surface area contributed by atoms with Crippen LogP contribution in [0.2, 0.25) is 0 Å². The van der Waals surface area contributed by atoms with Gasteiger partial charge in [0, 0.05) is 0 Å². The third-order valence-corrected chi connectivity index (χ3v) is 2.51. The van der Waals surface area contributed by atoms with Crippen molar-refractivity contribution in [1.82, 2.24) is 5.32 Å². The van der Waals surface area contributed by atoms with Crippen LogP contribution in [-0.2, 0) is 11.2 Å². The minimum Gasteiger partial charge on any atom is -0.491 e. The summed E-state index contributed by atoms with van der Waals surface area (Å²) in [7, 11) is 0. The van der Waals surface area contributed by atoms with Gasteiger partial charge in [0.25, 0.3) is 0 Å². The van der Waals surface area contributed by atoms with Gasteiger partial charge >= 0.3 is 0 Å². The SMILES string of the molecule is CC(C)Oc1cccc(CC(=O)NC(C)(C)CO)c1. The van der Waals surface area contributed by atoms with Gasteiger partial charge in [-0.25, -0.2) is 0 Å². The van der Waals surface area contributed by atoms with Crippen molar-refractivity contribution in [3.05, 3.63) is 29.8 Å². The van der Waals surface area contributed by atoms with Crippen molar-refractivity contribution in [2.24, 2.45) is 0 Å². The number of ether oxygens (including phenoxy) is 1. The van der Waals surface area contributed by atoms with Gasteiger partial charge in [-0.2, -0.15) is 0 Å². The van der Waals surface area contributed by atoms with E-state index in [9.17, 15) is 4.79 Å². The number of aliphatic hydroxyl groups excluding tert-OH is 1. The maximum Gasteiger partial charge on any atom is 0.224 e. The van der Waals surface area contributed by atoms with Gasteiger partial charge in [0.05, 0.1) is 24.7 Å². The fourth-order valence-electron chi connectivity index (χ4n) is 1.65. The van der Waals surface area contributed by atoms with E-state index in [1.54, 1.807) is 13.8 Å². The van der Waals surface area contributed by atoms with E-state index >= 15 is 0 Å². The Hall–Kier alpha value is -1.55. The van der Waals surface area contributed by atoms with Gasteiger partial charge in [0.2, 0.25) is 5.91 Å². The largest absolute Gasteiger partial charge is 0.491 e. The monoisotopic (exact) mass is 265 g/mol. The molecule has 0 heterocycles. The van der Waals surface area contributed by atoms with Crippen molar-refractivity contribution < 1.29 is 14.6 Å². The van der Waals surface area contributed by atoms with Crippen molar-refractivity contribution in [1.29, 1.82) is 0 Å². The summed E-state index contributed by atoms with van der Waals surface area (Å²) in [5, 5.41) is 11.9. The van der Waals surface area contributed by atoms with Crippen LogP contribution in [0.1, 0.15) is 33.3 Å². The number of amides is 1. The predicted octanol–water partition coefficient (Wildman–Crippen LogP) is 1.90. The second-order valence-corrected chi connectivity index (χ2v) is 5.58. The van der Waals surface area contributed by atoms with Crippen molar-refractivity contribution in [2.75, 3.05) is 6.61 Å². The van der Waals surface area contributed by atoms with Crippen LogP contribution in [0.4, 0.5) is 0 Å². The molecule has 0 bridgehead atoms. The average Bonchev–Trinajstić information content (AvgIpc) is 2.27. The molecule has 1 aromatic rings. The van der Waals surface area contributed by atoms with Crippen molar-refractivity contribution >= 4 is 5.91 Å². The van der Waals surface area contributed by atoms with E-state index in [-0.39, 0.29) is 25.0 Å². The molecule has 0 saturated carbocycles. The highest BCUT2D eigenvalue weighted by Gasteiger charge is 2.19. The lowest BCUT2D eigenvalue weighted by Crippen LogP contribution is -2.46. The molecule has 106 valence electrons. The summed E-state index contributed by atoms with van der Waals surface area (Å²) in [6, 6.07) is 7.50. The van der Waals surface area contributed by atoms with E-state index in [0.29, 0.717) is 0 Å². The van der Waals surface area contributed by atoms with Crippen LogP contribution in [0.5, 0.6) is 5.75 Å². The second-order valence-electron chi connectivity index (χ2n) is 5.58. The summed E-state index contributed by atoms with van der Waals surface area (Å²) in [6.07, 6.45) is 0.385. The molecular formula is C15H23NO3. The van der Waals surface area contributed by atoms with Crippen LogP contribution < -0.4 is 10.1 Å². The van der Waals surface area contributed by atoms with Gasteiger partial charge in [-0.3, -0.25) is 4.79 Å². The smallest absolute Gasteiger partial charge is 0.224 e. The Morgan fingerprint density at radius 2 is 2.11 bits per heavy atom. The van der Waals surface area contributed by atoms with Gasteiger partial charge in [-0.05, 0) is 45.4 Å². The normalized spacial score (nSPS) is 11.5. The molecule has 1 amide bonds. The standard InChI is InChI=1S/C15H23NO3/c1-11(2)19-13-7-5-6-12(8-13)9-14(18)16-15(3,4)10-17/h5-8,11,17H,9-10H2,1-4H3,(H,16,18). The first-order chi connectivity index (χ1) is 8.82. The maximum atomic E-state index is 11.9. The lowest BCUT2D eigenvalue weighted by atomic mass is 10.1. The number of carbonyl (C=O) groups is 1. The Bertz CT molecular complexity index is 427. The van der Waals surface area contributed by atoms with Gasteiger partial charge in [0.1, 0.15) is 5.75 Å². The highest BCUT2D eigenvalue weighted by molar-refractivity contribution is 5.79. The van der Waals surface area contributed by atoms with E-state index in [1.807, 2.05) is 38.1 Å². The molecule has 2 N–H and O–H groups in total. The Balaban J connectivity index is 2.64. The summed E-state index contributed by atoms with van der Waals surface area (Å²) in [4.78, 5) is 11.9. The van der Waals surface area contributed by atoms with Crippen LogP contribution in [0.25, 0.3) is 0 Å². The molecular weight excluding hydrogens is 242 g/mol. The van der Waals surface area contributed by atoms with Gasteiger partial charge < -0.3 is 15.2 Å². The summed E-state index contributed by atoms with van der Waals surface area (Å²) < 4.78 is 5.59. The molecule has 0 aliphatic carbocycles. The van der Waals surface area contributed by atoms with E-state index in [4.69, 9.17) is 9.84 Å². The molecule has 0 radical (unpaired) electrons. The van der Waals surface area contributed by atoms with E-state index in [1.165, 1.54) is 0 Å². The topological polar surface area (TPSA) is 58.6 Å². The molecule has 0 spiro atoms. The fourth-order valence-corrected chi connectivity index (χ4v) is 1.65. The first kappa shape index (κ1) is 15.5. The zero-order valence-corrected chi connectivity index (χ0v) is 12.1. The first-order valence-corrected chi connectivity index (χ1v) is 6.50. The number of hydrogen-bond donors (Lipinski definition) is 2. The van der Waals surface area contributed by atoms with Gasteiger partial charge in [-0.1, -0.05) is 12.1 Å². The molecule has 0 atom stereocenters. The molecule has 1 aromatic carbocycles. The Kier molecular flexibility index (Phi) is 5.36. The highest BCUT2D eigenvalue weighted by atomic mass is 16.5. The minimum atomic E-state index is -0.594. The number of rotatable bonds is 6. The quantitative estimate of drug-likeness (QED) is 0.826. The predicted molar refractivity (Wildman–Crippen MR) is 75.2 cm³/mol. The number of benzene rings is 1. The zero-order chi connectivity index (χ0) is 14.5. The summed E-state index contributed by atoms with van der Waals surface area (Å²) >= 11 is 0. The second kappa shape index (κ2) is 6.57. The third kappa shape index (κ3) is 5.75. The molecule has 19 heavy (non-hydrogen) atoms. The summed E-state index contributed by atoms with van der Waals surface area (Å²) in [5.41, 5.74) is 0.299. The van der Waals surface area contributed by atoms with Crippen LogP contribution >= 0.6 is 0 Å². The maximum absolute atomic E-state index is 11.9. The van der Waals surface area contributed by atoms with Crippen molar-refractivity contribution in [3.8, 4) is 5.75 Å². The lowest BCUT2D eigenvalue weighted by molar-refractivity contribution is -0.122. The van der Waals surface area contributed by atoms with Crippen LogP contribution in [0.15, 0.2) is 24.3 Å². The summed E-state index contributed by atoms with van der Waals surface area (Å²) in [5.74, 6) is 0.655. The van der Waals surface area contributed by atoms with Crippen LogP contribution in [0, 0.1) is 0 Å². The number of aliphatic hydroxyl groups is 1. The van der Waals surface area contributed by atoms with Crippen molar-refractivity contribution in [2.45, 2.75) is 45.8 Å². The number of hydrogen-bond acceptors (Lipinski definition) is 3. The molecule has 0 fully saturated rings. The first-order valence-electron chi connectivity index (χ1n) is 6.50. The van der Waals surface area contributed by atoms with Crippen LogP contribution in [0.3, 0.4) is 0 Å². The lowest BCUT2D eigenvalue weighted by Gasteiger charge is -2.23. The Morgan fingerprint density at radius 3 is 2.68 bits per heavy atom. The fraction of sp³-hybridized carbons (Fsp3) is 0.533. The zero-order valence-electron chi connectivity index (χ0n) is 12.1. The molecule has 1 rings (SSSR count). The molecule has 0 aromatic heterocycles. The third-order valence-electron chi connectivity index (χ3n) is 2.51. The minimum absolute atomic E-state index is 0.0881. The molecule has 0 saturated heterocycles. The van der Waals surface area contributed by atoms with E-state index < -0.39 is 5.54 Å². The molecule has 0 aliphatic heterocycles. The van der Waals surface area contributed by atoms with E-state index in [0.717, 1.165) is 11.3 Å². The van der Waals surface area contributed by atoms with E-state index in [2.05, 4.69) is 5.32 Å². The number of nitrogens with one attached hydrogen (secondary N) is 1. The molecule has 4 heteroatoms. The van der Waals surface area contributed by atoms with Crippen LogP contribution in [-0.4, -0.2) is 29.3 Å². The Morgan fingerprint density at radius 1 is 1.42 bits per heavy atom. The molecule has 0 unspecified atom stereocenters. The Labute approximate surface area is 114 Å². The average molecular weight is 265 g/mol. The number of carbonyl (C=O) groups excluding carboxylic acids is 1. The van der Waals surface area contributed by atoms with Gasteiger partial charge in [-0.15, -0.1) is 0 Å². The highest BCUT2D eigenvalue weighted by Crippen LogP contribution is 2.15. The van der Waals surface area contributed by atoms with Crippen molar-refractivity contribution in [3.63, 3.8) is 0 Å². The van der Waals surface area contributed by atoms with Gasteiger partial charge in [0.15, 0.2) is 0 Å². The molecule has 4 nitrogen and oxygen atoms in total.